The molecule has 4 aliphatic rings. The molecule has 3 fully saturated rings. The number of oxime groups is 1. The van der Waals surface area contributed by atoms with Crippen molar-refractivity contribution in [2.24, 2.45) is 39.7 Å². The second-order valence-electron chi connectivity index (χ2n) is 9.56. The fourth-order valence-corrected chi connectivity index (χ4v) is 7.48. The highest BCUT2D eigenvalue weighted by molar-refractivity contribution is 5.96. The molecule has 2 N–H and O–H groups in total. The van der Waals surface area contributed by atoms with E-state index in [9.17, 15) is 5.11 Å². The molecule has 0 aromatic heterocycles. The van der Waals surface area contributed by atoms with Crippen molar-refractivity contribution in [3.8, 4) is 0 Å². The van der Waals surface area contributed by atoms with E-state index >= 15 is 0 Å². The van der Waals surface area contributed by atoms with Gasteiger partial charge in [0.15, 0.2) is 0 Å². The van der Waals surface area contributed by atoms with Gasteiger partial charge in [0.25, 0.3) is 0 Å². The Bertz CT molecular complexity index is 580. The highest BCUT2D eigenvalue weighted by Gasteiger charge is 2.59. The third-order valence-corrected chi connectivity index (χ3v) is 8.76. The zero-order valence-corrected chi connectivity index (χ0v) is 15.5. The van der Waals surface area contributed by atoms with Crippen LogP contribution in [0.25, 0.3) is 0 Å². The van der Waals surface area contributed by atoms with Gasteiger partial charge in [-0.05, 0) is 98.9 Å². The maximum absolute atomic E-state index is 10.3. The number of rotatable bonds is 1. The van der Waals surface area contributed by atoms with Crippen molar-refractivity contribution in [1.82, 2.24) is 0 Å². The van der Waals surface area contributed by atoms with Crippen LogP contribution in [0.15, 0.2) is 16.8 Å². The van der Waals surface area contributed by atoms with E-state index in [0.717, 1.165) is 36.3 Å². The standard InChI is InChI=1S/C21H33NO2/c1-13(23)17-6-7-18-16-5-4-14-12-15(22-24)8-10-20(14,2)19(16)9-11-21(17,18)3/h12-13,16-19,23-24H,4-11H2,1-3H3/b22-15+. The predicted octanol–water partition coefficient (Wildman–Crippen LogP) is 4.78. The first-order chi connectivity index (χ1) is 11.4. The molecule has 0 heterocycles. The zero-order valence-electron chi connectivity index (χ0n) is 15.5. The fourth-order valence-electron chi connectivity index (χ4n) is 7.48. The molecule has 134 valence electrons. The van der Waals surface area contributed by atoms with Crippen LogP contribution in [0.5, 0.6) is 0 Å². The Kier molecular flexibility index (Phi) is 3.87. The molecule has 24 heavy (non-hydrogen) atoms. The topological polar surface area (TPSA) is 52.8 Å². The third kappa shape index (κ3) is 2.16. The average Bonchev–Trinajstić information content (AvgIpc) is 2.91. The summed E-state index contributed by atoms with van der Waals surface area (Å²) in [5, 5.41) is 22.9. The van der Waals surface area contributed by atoms with Gasteiger partial charge < -0.3 is 10.3 Å². The van der Waals surface area contributed by atoms with Crippen LogP contribution in [-0.2, 0) is 0 Å². The van der Waals surface area contributed by atoms with Crippen molar-refractivity contribution >= 4 is 5.71 Å². The van der Waals surface area contributed by atoms with E-state index < -0.39 is 0 Å². The van der Waals surface area contributed by atoms with Gasteiger partial charge in [0, 0.05) is 0 Å². The first kappa shape index (κ1) is 16.6. The van der Waals surface area contributed by atoms with Crippen LogP contribution >= 0.6 is 0 Å². The maximum atomic E-state index is 10.3. The van der Waals surface area contributed by atoms with Crippen LogP contribution in [0.4, 0.5) is 0 Å². The quantitative estimate of drug-likeness (QED) is 0.537. The monoisotopic (exact) mass is 331 g/mol. The molecule has 0 aliphatic heterocycles. The van der Waals surface area contributed by atoms with Crippen LogP contribution < -0.4 is 0 Å². The lowest BCUT2D eigenvalue weighted by atomic mass is 9.46. The van der Waals surface area contributed by atoms with Crippen molar-refractivity contribution in [1.29, 1.82) is 0 Å². The molecule has 4 aliphatic carbocycles. The molecule has 0 radical (unpaired) electrons. The Balaban J connectivity index is 1.65. The van der Waals surface area contributed by atoms with Gasteiger partial charge in [-0.25, -0.2) is 0 Å². The van der Waals surface area contributed by atoms with E-state index in [4.69, 9.17) is 5.21 Å². The van der Waals surface area contributed by atoms with Gasteiger partial charge in [0.2, 0.25) is 0 Å². The lowest BCUT2D eigenvalue weighted by molar-refractivity contribution is -0.0682. The van der Waals surface area contributed by atoms with E-state index in [1.54, 1.807) is 0 Å². The Hall–Kier alpha value is -0.830. The van der Waals surface area contributed by atoms with E-state index in [2.05, 4.69) is 25.1 Å². The van der Waals surface area contributed by atoms with Crippen molar-refractivity contribution in [3.63, 3.8) is 0 Å². The van der Waals surface area contributed by atoms with Gasteiger partial charge in [-0.15, -0.1) is 0 Å². The number of aliphatic hydroxyl groups is 1. The van der Waals surface area contributed by atoms with E-state index in [1.807, 2.05) is 6.92 Å². The predicted molar refractivity (Wildman–Crippen MR) is 96.1 cm³/mol. The minimum atomic E-state index is -0.163. The van der Waals surface area contributed by atoms with Gasteiger partial charge in [0.05, 0.1) is 11.8 Å². The summed E-state index contributed by atoms with van der Waals surface area (Å²) in [6.45, 7) is 6.96. The van der Waals surface area contributed by atoms with Crippen LogP contribution in [0.1, 0.15) is 72.1 Å². The van der Waals surface area contributed by atoms with E-state index in [-0.39, 0.29) is 6.10 Å². The van der Waals surface area contributed by atoms with E-state index in [0.29, 0.717) is 16.7 Å². The molecule has 7 atom stereocenters. The summed E-state index contributed by atoms with van der Waals surface area (Å²) in [4.78, 5) is 0. The van der Waals surface area contributed by atoms with Gasteiger partial charge in [-0.2, -0.15) is 0 Å². The number of allylic oxidation sites excluding steroid dienone is 2. The fraction of sp³-hybridized carbons (Fsp3) is 0.857. The molecule has 0 amide bonds. The number of hydrogen-bond donors (Lipinski definition) is 2. The first-order valence-electron chi connectivity index (χ1n) is 10.00. The van der Waals surface area contributed by atoms with Gasteiger partial charge >= 0.3 is 0 Å². The van der Waals surface area contributed by atoms with Crippen LogP contribution in [0.3, 0.4) is 0 Å². The molecule has 4 rings (SSSR count). The smallest absolute Gasteiger partial charge is 0.0795 e. The minimum Gasteiger partial charge on any atom is -0.411 e. The molecule has 7 unspecified atom stereocenters. The molecule has 3 saturated carbocycles. The lowest BCUT2D eigenvalue weighted by Gasteiger charge is -2.58. The zero-order chi connectivity index (χ0) is 17.1. The number of nitrogens with zero attached hydrogens (tertiary/aromatic N) is 1. The number of hydrogen-bond acceptors (Lipinski definition) is 3. The normalized spacial score (nSPS) is 50.7. The second-order valence-corrected chi connectivity index (χ2v) is 9.56. The summed E-state index contributed by atoms with van der Waals surface area (Å²) in [6, 6.07) is 0. The van der Waals surface area contributed by atoms with Crippen LogP contribution in [0.2, 0.25) is 0 Å². The molecule has 3 nitrogen and oxygen atoms in total. The number of aliphatic hydroxyl groups excluding tert-OH is 1. The Morgan fingerprint density at radius 2 is 1.88 bits per heavy atom. The highest BCUT2D eigenvalue weighted by Crippen LogP contribution is 2.66. The Labute approximate surface area is 146 Å². The van der Waals surface area contributed by atoms with Gasteiger partial charge in [0.1, 0.15) is 0 Å². The third-order valence-electron chi connectivity index (χ3n) is 8.76. The average molecular weight is 332 g/mol. The second kappa shape index (κ2) is 5.59. The number of fused-ring (bicyclic) bond motifs is 5. The first-order valence-corrected chi connectivity index (χ1v) is 10.00. The van der Waals surface area contributed by atoms with Gasteiger partial charge in [-0.3, -0.25) is 0 Å². The van der Waals surface area contributed by atoms with Crippen molar-refractivity contribution in [2.45, 2.75) is 78.2 Å². The summed E-state index contributed by atoms with van der Waals surface area (Å²) in [5.74, 6) is 2.89. The van der Waals surface area contributed by atoms with Crippen molar-refractivity contribution in [3.05, 3.63) is 11.6 Å². The Morgan fingerprint density at radius 1 is 1.08 bits per heavy atom. The molecular weight excluding hydrogens is 298 g/mol. The molecule has 0 aromatic rings. The highest BCUT2D eigenvalue weighted by atomic mass is 16.4. The minimum absolute atomic E-state index is 0.163. The summed E-state index contributed by atoms with van der Waals surface area (Å²) < 4.78 is 0. The molecule has 0 bridgehead atoms. The van der Waals surface area contributed by atoms with Crippen molar-refractivity contribution < 1.29 is 10.3 Å². The van der Waals surface area contributed by atoms with Crippen molar-refractivity contribution in [2.75, 3.05) is 0 Å². The molecule has 3 heteroatoms. The van der Waals surface area contributed by atoms with Crippen LogP contribution in [0, 0.1) is 34.5 Å². The van der Waals surface area contributed by atoms with E-state index in [1.165, 1.54) is 44.1 Å². The molecular formula is C21H33NO2. The summed E-state index contributed by atoms with van der Waals surface area (Å²) in [6.07, 6.45) is 11.7. The largest absolute Gasteiger partial charge is 0.411 e. The maximum Gasteiger partial charge on any atom is 0.0795 e. The molecule has 0 spiro atoms. The lowest BCUT2D eigenvalue weighted by Crippen LogP contribution is -2.51. The molecule has 0 aromatic carbocycles. The summed E-state index contributed by atoms with van der Waals surface area (Å²) in [5.41, 5.74) is 3.06. The molecule has 0 saturated heterocycles. The van der Waals surface area contributed by atoms with Gasteiger partial charge in [-0.1, -0.05) is 24.6 Å². The summed E-state index contributed by atoms with van der Waals surface area (Å²) >= 11 is 0. The summed E-state index contributed by atoms with van der Waals surface area (Å²) in [7, 11) is 0. The Morgan fingerprint density at radius 3 is 2.58 bits per heavy atom. The van der Waals surface area contributed by atoms with Crippen LogP contribution in [-0.4, -0.2) is 22.1 Å². The SMILES string of the molecule is CC(O)C1CCC2C3CCC4=C/C(=N/O)CCC4(C)C3CCC12C.